The quantitative estimate of drug-likeness (QED) is 0.159. The van der Waals surface area contributed by atoms with Crippen molar-refractivity contribution in [2.45, 2.75) is 25.7 Å². The van der Waals surface area contributed by atoms with Gasteiger partial charge in [0, 0.05) is 21.0 Å². The Labute approximate surface area is 206 Å². The molecule has 0 aliphatic heterocycles. The Morgan fingerprint density at radius 1 is 0.829 bits per heavy atom. The van der Waals surface area contributed by atoms with Gasteiger partial charge in [0.25, 0.3) is 0 Å². The second-order valence-corrected chi connectivity index (χ2v) is 8.26. The van der Waals surface area contributed by atoms with Crippen LogP contribution in [0.15, 0.2) is 91.5 Å². The highest BCUT2D eigenvalue weighted by atomic mass is 16.7. The molecule has 0 heterocycles. The summed E-state index contributed by atoms with van der Waals surface area (Å²) in [5, 5.41) is 10.3. The molecule has 0 aromatic heterocycles. The molecule has 5 nitrogen and oxygen atoms in total. The standard InChI is InChI=1S/C30H30O5/c1-5-22-10-16-25(17-11-22)28(31)29(32)34-26-18-12-23(13-19-26)8-6-7-9-24-14-20-27(21-15-24)35-30(2,3)33-4/h5-21,28,31H,1H2,2-4H3. The van der Waals surface area contributed by atoms with E-state index in [4.69, 9.17) is 14.2 Å². The number of hydrogen-bond donors (Lipinski definition) is 1. The highest BCUT2D eigenvalue weighted by molar-refractivity contribution is 5.78. The first-order chi connectivity index (χ1) is 16.8. The van der Waals surface area contributed by atoms with Crippen molar-refractivity contribution in [2.24, 2.45) is 0 Å². The van der Waals surface area contributed by atoms with Gasteiger partial charge < -0.3 is 19.3 Å². The molecule has 3 aromatic carbocycles. The number of carbonyl (C=O) groups is 1. The summed E-state index contributed by atoms with van der Waals surface area (Å²) in [6.45, 7) is 7.40. The lowest BCUT2D eigenvalue weighted by Crippen LogP contribution is -2.30. The van der Waals surface area contributed by atoms with Crippen LogP contribution in [0.5, 0.6) is 11.5 Å². The molecule has 35 heavy (non-hydrogen) atoms. The number of methoxy groups -OCH3 is 1. The first-order valence-corrected chi connectivity index (χ1v) is 11.2. The average molecular weight is 471 g/mol. The number of esters is 1. The molecule has 1 unspecified atom stereocenters. The number of allylic oxidation sites excluding steroid dienone is 2. The summed E-state index contributed by atoms with van der Waals surface area (Å²) in [5.74, 6) is -0.303. The monoisotopic (exact) mass is 470 g/mol. The summed E-state index contributed by atoms with van der Waals surface area (Å²) in [4.78, 5) is 12.3. The molecule has 5 heteroatoms. The largest absolute Gasteiger partial charge is 0.463 e. The van der Waals surface area contributed by atoms with Crippen molar-refractivity contribution in [1.29, 1.82) is 0 Å². The Hall–Kier alpha value is -3.93. The summed E-state index contributed by atoms with van der Waals surface area (Å²) in [5.41, 5.74) is 3.35. The molecule has 0 radical (unpaired) electrons. The van der Waals surface area contributed by atoms with Crippen LogP contribution in [0.2, 0.25) is 0 Å². The Morgan fingerprint density at radius 3 is 1.80 bits per heavy atom. The molecule has 3 rings (SSSR count). The molecular weight excluding hydrogens is 440 g/mol. The van der Waals surface area contributed by atoms with Gasteiger partial charge in [-0.05, 0) is 46.5 Å². The molecule has 0 aliphatic carbocycles. The van der Waals surface area contributed by atoms with E-state index in [2.05, 4.69) is 6.58 Å². The van der Waals surface area contributed by atoms with Gasteiger partial charge >= 0.3 is 5.97 Å². The predicted octanol–water partition coefficient (Wildman–Crippen LogP) is 6.46. The molecule has 0 amide bonds. The van der Waals surface area contributed by atoms with Crippen molar-refractivity contribution in [3.05, 3.63) is 114 Å². The summed E-state index contributed by atoms with van der Waals surface area (Å²) >= 11 is 0. The summed E-state index contributed by atoms with van der Waals surface area (Å²) < 4.78 is 16.3. The van der Waals surface area contributed by atoms with Crippen LogP contribution in [0, 0.1) is 0 Å². The van der Waals surface area contributed by atoms with Crippen molar-refractivity contribution in [3.8, 4) is 11.5 Å². The topological polar surface area (TPSA) is 65.0 Å². The Morgan fingerprint density at radius 2 is 1.31 bits per heavy atom. The molecule has 0 aliphatic rings. The molecule has 1 N–H and O–H groups in total. The maximum atomic E-state index is 12.3. The van der Waals surface area contributed by atoms with Crippen molar-refractivity contribution in [2.75, 3.05) is 7.11 Å². The zero-order chi connectivity index (χ0) is 25.3. The van der Waals surface area contributed by atoms with Gasteiger partial charge in [-0.3, -0.25) is 0 Å². The van der Waals surface area contributed by atoms with Gasteiger partial charge in [0.1, 0.15) is 11.5 Å². The smallest absolute Gasteiger partial charge is 0.345 e. The van der Waals surface area contributed by atoms with Crippen LogP contribution in [-0.4, -0.2) is 24.0 Å². The molecule has 3 aromatic rings. The number of carbonyl (C=O) groups excluding carboxylic acids is 1. The minimum Gasteiger partial charge on any atom is -0.463 e. The van der Waals surface area contributed by atoms with Crippen molar-refractivity contribution < 1.29 is 24.1 Å². The highest BCUT2D eigenvalue weighted by Crippen LogP contribution is 2.21. The minimum absolute atomic E-state index is 0.364. The minimum atomic E-state index is -1.36. The number of aliphatic hydroxyl groups excluding tert-OH is 1. The molecule has 0 spiro atoms. The van der Waals surface area contributed by atoms with Crippen LogP contribution < -0.4 is 9.47 Å². The maximum Gasteiger partial charge on any atom is 0.345 e. The number of benzene rings is 3. The lowest BCUT2D eigenvalue weighted by atomic mass is 10.1. The zero-order valence-corrected chi connectivity index (χ0v) is 20.2. The Balaban J connectivity index is 1.52. The molecule has 0 saturated carbocycles. The molecule has 0 saturated heterocycles. The maximum absolute atomic E-state index is 12.3. The third-order valence-corrected chi connectivity index (χ3v) is 5.23. The zero-order valence-electron chi connectivity index (χ0n) is 20.2. The van der Waals surface area contributed by atoms with Crippen LogP contribution in [-0.2, 0) is 9.53 Å². The van der Waals surface area contributed by atoms with Crippen LogP contribution in [0.1, 0.15) is 42.2 Å². The predicted molar refractivity (Wildman–Crippen MR) is 140 cm³/mol. The third-order valence-electron chi connectivity index (χ3n) is 5.23. The van der Waals surface area contributed by atoms with Gasteiger partial charge in [-0.2, -0.15) is 0 Å². The van der Waals surface area contributed by atoms with E-state index in [9.17, 15) is 9.90 Å². The van der Waals surface area contributed by atoms with E-state index in [1.807, 2.05) is 74.5 Å². The third kappa shape index (κ3) is 7.81. The van der Waals surface area contributed by atoms with E-state index in [1.54, 1.807) is 49.6 Å². The first-order valence-electron chi connectivity index (χ1n) is 11.2. The lowest BCUT2D eigenvalue weighted by molar-refractivity contribution is -0.144. The summed E-state index contributed by atoms with van der Waals surface area (Å²) in [6, 6.07) is 21.7. The molecular formula is C30H30O5. The fraction of sp³-hybridized carbons (Fsp3) is 0.167. The first kappa shape index (κ1) is 25.7. The van der Waals surface area contributed by atoms with Crippen LogP contribution in [0.25, 0.3) is 18.2 Å². The lowest BCUT2D eigenvalue weighted by Gasteiger charge is -2.24. The Kier molecular flexibility index (Phi) is 8.79. The second-order valence-electron chi connectivity index (χ2n) is 8.26. The number of aliphatic hydroxyl groups is 1. The second kappa shape index (κ2) is 12.0. The Bertz CT molecular complexity index is 1170. The van der Waals surface area contributed by atoms with Crippen molar-refractivity contribution >= 4 is 24.2 Å². The van der Waals surface area contributed by atoms with E-state index < -0.39 is 17.9 Å². The van der Waals surface area contributed by atoms with Crippen LogP contribution in [0.3, 0.4) is 0 Å². The van der Waals surface area contributed by atoms with E-state index in [-0.39, 0.29) is 0 Å². The van der Waals surface area contributed by atoms with Crippen molar-refractivity contribution in [3.63, 3.8) is 0 Å². The van der Waals surface area contributed by atoms with Gasteiger partial charge in [0.15, 0.2) is 6.10 Å². The van der Waals surface area contributed by atoms with Crippen molar-refractivity contribution in [1.82, 2.24) is 0 Å². The van der Waals surface area contributed by atoms with E-state index >= 15 is 0 Å². The van der Waals surface area contributed by atoms with Crippen LogP contribution >= 0.6 is 0 Å². The normalized spacial score (nSPS) is 12.6. The van der Waals surface area contributed by atoms with Gasteiger partial charge in [-0.15, -0.1) is 0 Å². The fourth-order valence-electron chi connectivity index (χ4n) is 3.08. The number of hydrogen-bond acceptors (Lipinski definition) is 5. The van der Waals surface area contributed by atoms with E-state index in [0.29, 0.717) is 11.3 Å². The fourth-order valence-corrected chi connectivity index (χ4v) is 3.08. The SMILES string of the molecule is C=Cc1ccc(C(O)C(=O)Oc2ccc(C=CC=Cc3ccc(OC(C)(C)OC)cc3)cc2)cc1. The van der Waals surface area contributed by atoms with Gasteiger partial charge in [-0.25, -0.2) is 4.79 Å². The number of rotatable bonds is 10. The van der Waals surface area contributed by atoms with E-state index in [0.717, 1.165) is 22.4 Å². The molecule has 1 atom stereocenters. The highest BCUT2D eigenvalue weighted by Gasteiger charge is 2.20. The average Bonchev–Trinajstić information content (AvgIpc) is 2.88. The molecule has 0 bridgehead atoms. The number of ether oxygens (including phenoxy) is 3. The van der Waals surface area contributed by atoms with Gasteiger partial charge in [0.2, 0.25) is 5.79 Å². The molecule has 180 valence electrons. The van der Waals surface area contributed by atoms with Gasteiger partial charge in [-0.1, -0.05) is 85.5 Å². The van der Waals surface area contributed by atoms with Gasteiger partial charge in [0.05, 0.1) is 0 Å². The molecule has 0 fully saturated rings. The summed E-state index contributed by atoms with van der Waals surface area (Å²) in [6.07, 6.45) is 8.13. The summed E-state index contributed by atoms with van der Waals surface area (Å²) in [7, 11) is 1.61. The van der Waals surface area contributed by atoms with E-state index in [1.165, 1.54) is 0 Å². The van der Waals surface area contributed by atoms with Crippen LogP contribution in [0.4, 0.5) is 0 Å².